The summed E-state index contributed by atoms with van der Waals surface area (Å²) in [5.74, 6) is 1.03. The maximum absolute atomic E-state index is 12.4. The molecular formula is C26H27F3N6O2S. The Morgan fingerprint density at radius 1 is 1.05 bits per heavy atom. The van der Waals surface area contributed by atoms with Crippen LogP contribution < -0.4 is 15.4 Å². The Morgan fingerprint density at radius 2 is 1.84 bits per heavy atom. The number of fused-ring (bicyclic) bond motifs is 1. The molecule has 0 bridgehead atoms. The van der Waals surface area contributed by atoms with Gasteiger partial charge in [0.05, 0.1) is 27.2 Å². The number of thiazole rings is 1. The van der Waals surface area contributed by atoms with E-state index in [-0.39, 0.29) is 24.3 Å². The summed E-state index contributed by atoms with van der Waals surface area (Å²) in [7, 11) is 0. The number of nitrogens with one attached hydrogen (secondary N) is 2. The lowest BCUT2D eigenvalue weighted by Gasteiger charge is -2.18. The Morgan fingerprint density at radius 3 is 2.53 bits per heavy atom. The number of benzene rings is 1. The minimum absolute atomic E-state index is 0.159. The highest BCUT2D eigenvalue weighted by Gasteiger charge is 2.31. The molecule has 5 rings (SSSR count). The van der Waals surface area contributed by atoms with Gasteiger partial charge >= 0.3 is 6.36 Å². The average molecular weight is 545 g/mol. The first-order valence-corrected chi connectivity index (χ1v) is 13.1. The van der Waals surface area contributed by atoms with E-state index in [2.05, 4.69) is 25.3 Å². The van der Waals surface area contributed by atoms with Gasteiger partial charge in [-0.15, -0.1) is 24.5 Å². The first kappa shape index (κ1) is 26.1. The zero-order valence-corrected chi connectivity index (χ0v) is 21.7. The third-order valence-corrected chi connectivity index (χ3v) is 7.73. The second-order valence-electron chi connectivity index (χ2n) is 9.37. The van der Waals surface area contributed by atoms with Gasteiger partial charge in [-0.3, -0.25) is 4.98 Å². The van der Waals surface area contributed by atoms with E-state index in [1.54, 1.807) is 29.7 Å². The van der Waals surface area contributed by atoms with E-state index < -0.39 is 6.36 Å². The fourth-order valence-corrected chi connectivity index (χ4v) is 5.76. The van der Waals surface area contributed by atoms with Crippen molar-refractivity contribution in [2.75, 3.05) is 17.2 Å². The fourth-order valence-electron chi connectivity index (χ4n) is 4.66. The number of hydrogen-bond donors (Lipinski definition) is 3. The second kappa shape index (κ2) is 10.7. The predicted molar refractivity (Wildman–Crippen MR) is 140 cm³/mol. The standard InChI is InChI=1S/C26H27F3N6O2S/c1-14-21(24-34-20-9-10-30-15(2)22(20)38-24)23(33-18-6-3-17(11-18)13-36)35-25(32-14)31-12-16-4-7-19(8-5-16)37-26(27,28)29/h4-5,7-10,17-18,36H,3,6,11-13H2,1-2H3,(H2,31,32,33,35). The van der Waals surface area contributed by atoms with Crippen LogP contribution in [0.5, 0.6) is 5.75 Å². The van der Waals surface area contributed by atoms with Crippen molar-refractivity contribution in [3.63, 3.8) is 0 Å². The molecule has 2 unspecified atom stereocenters. The van der Waals surface area contributed by atoms with Gasteiger partial charge in [0.25, 0.3) is 0 Å². The maximum atomic E-state index is 12.4. The molecule has 38 heavy (non-hydrogen) atoms. The number of aryl methyl sites for hydroxylation is 2. The summed E-state index contributed by atoms with van der Waals surface area (Å²) in [5.41, 5.74) is 4.07. The summed E-state index contributed by atoms with van der Waals surface area (Å²) < 4.78 is 42.2. The molecule has 0 aliphatic heterocycles. The second-order valence-corrected chi connectivity index (χ2v) is 10.4. The number of hydrogen-bond acceptors (Lipinski definition) is 9. The fraction of sp³-hybridized carbons (Fsp3) is 0.385. The number of aliphatic hydroxyl groups is 1. The molecule has 8 nitrogen and oxygen atoms in total. The number of rotatable bonds is 8. The van der Waals surface area contributed by atoms with E-state index in [1.165, 1.54) is 12.1 Å². The van der Waals surface area contributed by atoms with Gasteiger partial charge in [0, 0.05) is 25.4 Å². The number of halogens is 3. The van der Waals surface area contributed by atoms with Crippen molar-refractivity contribution in [3.05, 3.63) is 53.5 Å². The van der Waals surface area contributed by atoms with Gasteiger partial charge in [-0.05, 0) is 62.8 Å². The molecule has 1 aliphatic rings. The van der Waals surface area contributed by atoms with Crippen LogP contribution in [0.2, 0.25) is 0 Å². The van der Waals surface area contributed by atoms with E-state index in [0.29, 0.717) is 18.3 Å². The molecule has 0 saturated heterocycles. The third-order valence-electron chi connectivity index (χ3n) is 6.53. The molecule has 1 saturated carbocycles. The highest BCUT2D eigenvalue weighted by molar-refractivity contribution is 7.21. The molecule has 200 valence electrons. The SMILES string of the molecule is Cc1nc(NCc2ccc(OC(F)(F)F)cc2)nc(NC2CCC(CO)C2)c1-c1nc2ccnc(C)c2s1. The van der Waals surface area contributed by atoms with Gasteiger partial charge in [-0.1, -0.05) is 12.1 Å². The molecule has 0 amide bonds. The molecule has 3 N–H and O–H groups in total. The van der Waals surface area contributed by atoms with Crippen molar-refractivity contribution in [1.82, 2.24) is 19.9 Å². The minimum atomic E-state index is -4.73. The molecule has 1 aromatic carbocycles. The van der Waals surface area contributed by atoms with Crippen molar-refractivity contribution in [2.45, 2.75) is 52.1 Å². The zero-order chi connectivity index (χ0) is 26.9. The Hall–Kier alpha value is -3.51. The number of ether oxygens (including phenoxy) is 1. The van der Waals surface area contributed by atoms with E-state index in [1.807, 2.05) is 19.9 Å². The van der Waals surface area contributed by atoms with Gasteiger partial charge in [0.2, 0.25) is 5.95 Å². The summed E-state index contributed by atoms with van der Waals surface area (Å²) in [4.78, 5) is 18.7. The number of aliphatic hydroxyl groups excluding tert-OH is 1. The number of alkyl halides is 3. The summed E-state index contributed by atoms with van der Waals surface area (Å²) >= 11 is 1.54. The molecule has 0 spiro atoms. The molecule has 2 atom stereocenters. The number of pyridine rings is 1. The van der Waals surface area contributed by atoms with Crippen molar-refractivity contribution < 1.29 is 23.0 Å². The largest absolute Gasteiger partial charge is 0.573 e. The molecular weight excluding hydrogens is 517 g/mol. The monoisotopic (exact) mass is 544 g/mol. The number of anilines is 2. The average Bonchev–Trinajstić information content (AvgIpc) is 3.50. The molecule has 3 heterocycles. The van der Waals surface area contributed by atoms with Crippen molar-refractivity contribution in [3.8, 4) is 16.3 Å². The quantitative estimate of drug-likeness (QED) is 0.254. The van der Waals surface area contributed by atoms with Crippen molar-refractivity contribution in [1.29, 1.82) is 0 Å². The lowest BCUT2D eigenvalue weighted by Crippen LogP contribution is -2.19. The Bertz CT molecular complexity index is 1430. The Kier molecular flexibility index (Phi) is 7.35. The van der Waals surface area contributed by atoms with Crippen LogP contribution in [0.25, 0.3) is 20.8 Å². The van der Waals surface area contributed by atoms with Crippen molar-refractivity contribution in [2.24, 2.45) is 5.92 Å². The van der Waals surface area contributed by atoms with Gasteiger partial charge in [-0.2, -0.15) is 4.98 Å². The molecule has 12 heteroatoms. The van der Waals surface area contributed by atoms with Crippen LogP contribution in [0.4, 0.5) is 24.9 Å². The first-order chi connectivity index (χ1) is 18.2. The Balaban J connectivity index is 1.42. The molecule has 0 radical (unpaired) electrons. The zero-order valence-electron chi connectivity index (χ0n) is 20.8. The van der Waals surface area contributed by atoms with Gasteiger partial charge in [0.15, 0.2) is 0 Å². The minimum Gasteiger partial charge on any atom is -0.406 e. The molecule has 1 fully saturated rings. The predicted octanol–water partition coefficient (Wildman–Crippen LogP) is 5.85. The third kappa shape index (κ3) is 5.97. The van der Waals surface area contributed by atoms with Gasteiger partial charge in [0.1, 0.15) is 16.6 Å². The van der Waals surface area contributed by atoms with Gasteiger partial charge < -0.3 is 20.5 Å². The van der Waals surface area contributed by atoms with Crippen LogP contribution in [0, 0.1) is 19.8 Å². The summed E-state index contributed by atoms with van der Waals surface area (Å²) in [6.45, 7) is 4.33. The van der Waals surface area contributed by atoms with Crippen LogP contribution >= 0.6 is 11.3 Å². The van der Waals surface area contributed by atoms with Crippen LogP contribution in [0.3, 0.4) is 0 Å². The van der Waals surface area contributed by atoms with Crippen molar-refractivity contribution >= 4 is 33.3 Å². The van der Waals surface area contributed by atoms with Crippen LogP contribution in [0.15, 0.2) is 36.5 Å². The summed E-state index contributed by atoms with van der Waals surface area (Å²) in [6.07, 6.45) is -0.279. The number of nitrogens with zero attached hydrogens (tertiary/aromatic N) is 4. The molecule has 1 aliphatic carbocycles. The van der Waals surface area contributed by atoms with Crippen LogP contribution in [-0.4, -0.2) is 44.1 Å². The lowest BCUT2D eigenvalue weighted by atomic mass is 10.1. The Labute approximate surface area is 221 Å². The highest BCUT2D eigenvalue weighted by atomic mass is 32.1. The smallest absolute Gasteiger partial charge is 0.406 e. The summed E-state index contributed by atoms with van der Waals surface area (Å²) in [5, 5.41) is 17.1. The highest BCUT2D eigenvalue weighted by Crippen LogP contribution is 2.38. The first-order valence-electron chi connectivity index (χ1n) is 12.3. The van der Waals surface area contributed by atoms with E-state index >= 15 is 0 Å². The lowest BCUT2D eigenvalue weighted by molar-refractivity contribution is -0.274. The van der Waals surface area contributed by atoms with E-state index in [4.69, 9.17) is 9.97 Å². The van der Waals surface area contributed by atoms with Crippen LogP contribution in [-0.2, 0) is 6.54 Å². The summed E-state index contributed by atoms with van der Waals surface area (Å²) in [6, 6.07) is 7.70. The molecule has 3 aromatic heterocycles. The maximum Gasteiger partial charge on any atom is 0.573 e. The van der Waals surface area contributed by atoms with Crippen LogP contribution in [0.1, 0.15) is 36.2 Å². The topological polar surface area (TPSA) is 105 Å². The number of aromatic nitrogens is 4. The van der Waals surface area contributed by atoms with Gasteiger partial charge in [-0.25, -0.2) is 9.97 Å². The molecule has 4 aromatic rings. The van der Waals surface area contributed by atoms with E-state index in [0.717, 1.165) is 57.0 Å². The normalized spacial score (nSPS) is 17.6. The van der Waals surface area contributed by atoms with E-state index in [9.17, 15) is 18.3 Å².